The lowest BCUT2D eigenvalue weighted by Crippen LogP contribution is -2.37. The summed E-state index contributed by atoms with van der Waals surface area (Å²) in [5.74, 6) is 0.283. The van der Waals surface area contributed by atoms with Gasteiger partial charge in [-0.3, -0.25) is 4.79 Å². The topological polar surface area (TPSA) is 88.8 Å². The number of aliphatic hydroxyl groups is 1. The second-order valence-corrected chi connectivity index (χ2v) is 6.75. The van der Waals surface area contributed by atoms with Gasteiger partial charge in [0.1, 0.15) is 11.3 Å². The van der Waals surface area contributed by atoms with E-state index < -0.39 is 6.10 Å². The predicted molar refractivity (Wildman–Crippen MR) is 98.7 cm³/mol. The minimum absolute atomic E-state index is 0.0304. The van der Waals surface area contributed by atoms with E-state index >= 15 is 0 Å². The molecule has 6 heteroatoms. The molecule has 1 amide bonds. The maximum absolute atomic E-state index is 12.3. The molecule has 0 spiro atoms. The smallest absolute Gasteiger partial charge is 0.339 e. The fourth-order valence-corrected chi connectivity index (χ4v) is 3.43. The molecule has 0 unspecified atom stereocenters. The van der Waals surface area contributed by atoms with E-state index in [0.29, 0.717) is 24.3 Å². The van der Waals surface area contributed by atoms with Crippen LogP contribution in [0, 0.1) is 6.92 Å². The minimum atomic E-state index is -0.686. The predicted octanol–water partition coefficient (Wildman–Crippen LogP) is 2.25. The zero-order valence-electron chi connectivity index (χ0n) is 15.3. The van der Waals surface area contributed by atoms with Gasteiger partial charge in [0.2, 0.25) is 0 Å². The number of hydrogen-bond acceptors (Lipinski definition) is 5. The van der Waals surface area contributed by atoms with Gasteiger partial charge in [-0.2, -0.15) is 0 Å². The molecule has 0 fully saturated rings. The molecule has 0 saturated carbocycles. The van der Waals surface area contributed by atoms with E-state index in [0.717, 1.165) is 47.8 Å². The number of hydrogen-bond donors (Lipinski definition) is 2. The van der Waals surface area contributed by atoms with Crippen LogP contribution in [0.15, 0.2) is 21.3 Å². The Bertz CT molecular complexity index is 871. The molecule has 2 aromatic rings. The van der Waals surface area contributed by atoms with Crippen LogP contribution in [0.4, 0.5) is 0 Å². The number of fused-ring (bicyclic) bond motifs is 3. The molecular formula is C20H25NO5. The van der Waals surface area contributed by atoms with Gasteiger partial charge in [0.05, 0.1) is 0 Å². The molecule has 1 aromatic carbocycles. The van der Waals surface area contributed by atoms with Gasteiger partial charge in [0.15, 0.2) is 6.10 Å². The first-order valence-electron chi connectivity index (χ1n) is 9.16. The highest BCUT2D eigenvalue weighted by Gasteiger charge is 2.21. The lowest BCUT2D eigenvalue weighted by Gasteiger charge is -2.19. The Morgan fingerprint density at radius 3 is 2.77 bits per heavy atom. The molecule has 6 nitrogen and oxygen atoms in total. The fraction of sp³-hybridized carbons (Fsp3) is 0.500. The van der Waals surface area contributed by atoms with Crippen molar-refractivity contribution in [2.24, 2.45) is 0 Å². The Balaban J connectivity index is 1.88. The molecule has 140 valence electrons. The molecular weight excluding hydrogens is 334 g/mol. The van der Waals surface area contributed by atoms with Crippen molar-refractivity contribution in [3.63, 3.8) is 0 Å². The molecule has 1 aliphatic rings. The van der Waals surface area contributed by atoms with E-state index in [-0.39, 0.29) is 18.1 Å². The standard InChI is InChI=1S/C20H25NO5/c1-12-17(25-13(2)19(23)21-10-5-11-22)9-8-15-14-6-3-4-7-16(14)20(24)26-18(12)15/h8-9,13,22H,3-7,10-11H2,1-2H3,(H,21,23)/t13-/m0/s1. The molecule has 1 atom stereocenters. The first-order valence-corrected chi connectivity index (χ1v) is 9.16. The Labute approximate surface area is 152 Å². The molecule has 2 N–H and O–H groups in total. The van der Waals surface area contributed by atoms with E-state index in [4.69, 9.17) is 14.3 Å². The van der Waals surface area contributed by atoms with Crippen LogP contribution in [0.1, 0.15) is 42.9 Å². The summed E-state index contributed by atoms with van der Waals surface area (Å²) in [6.07, 6.45) is 3.58. The molecule has 1 aromatic heterocycles. The number of rotatable bonds is 6. The number of benzene rings is 1. The number of carbonyl (C=O) groups is 1. The number of ether oxygens (including phenoxy) is 1. The SMILES string of the molecule is Cc1c(O[C@@H](C)C(=O)NCCCO)ccc2c3c(c(=O)oc12)CCCC3. The Hall–Kier alpha value is -2.34. The van der Waals surface area contributed by atoms with Gasteiger partial charge < -0.3 is 19.6 Å². The normalized spacial score (nSPS) is 14.7. The van der Waals surface area contributed by atoms with Gasteiger partial charge in [0.25, 0.3) is 5.91 Å². The molecule has 0 aliphatic heterocycles. The monoisotopic (exact) mass is 359 g/mol. The zero-order chi connectivity index (χ0) is 18.7. The van der Waals surface area contributed by atoms with Gasteiger partial charge in [-0.15, -0.1) is 0 Å². The van der Waals surface area contributed by atoms with Crippen LogP contribution in [0.2, 0.25) is 0 Å². The van der Waals surface area contributed by atoms with Crippen LogP contribution in [0.5, 0.6) is 5.75 Å². The van der Waals surface area contributed by atoms with Crippen LogP contribution in [0.3, 0.4) is 0 Å². The minimum Gasteiger partial charge on any atom is -0.480 e. The summed E-state index contributed by atoms with van der Waals surface area (Å²) < 4.78 is 11.4. The second kappa shape index (κ2) is 7.91. The van der Waals surface area contributed by atoms with Gasteiger partial charge in [-0.05, 0) is 63.6 Å². The van der Waals surface area contributed by atoms with Gasteiger partial charge in [-0.25, -0.2) is 4.79 Å². The zero-order valence-corrected chi connectivity index (χ0v) is 15.3. The van der Waals surface area contributed by atoms with E-state index in [1.165, 1.54) is 0 Å². The highest BCUT2D eigenvalue weighted by Crippen LogP contribution is 2.32. The summed E-state index contributed by atoms with van der Waals surface area (Å²) in [6.45, 7) is 3.94. The van der Waals surface area contributed by atoms with Crippen LogP contribution >= 0.6 is 0 Å². The van der Waals surface area contributed by atoms with Gasteiger partial charge in [-0.1, -0.05) is 0 Å². The van der Waals surface area contributed by atoms with Crippen molar-refractivity contribution in [3.05, 3.63) is 39.2 Å². The third kappa shape index (κ3) is 3.60. The number of amides is 1. The van der Waals surface area contributed by atoms with Crippen LogP contribution < -0.4 is 15.7 Å². The van der Waals surface area contributed by atoms with Crippen molar-refractivity contribution in [1.82, 2.24) is 5.32 Å². The van der Waals surface area contributed by atoms with Crippen molar-refractivity contribution < 1.29 is 19.1 Å². The number of aryl methyl sites for hydroxylation is 2. The lowest BCUT2D eigenvalue weighted by molar-refractivity contribution is -0.127. The second-order valence-electron chi connectivity index (χ2n) is 6.75. The first-order chi connectivity index (χ1) is 12.5. The maximum atomic E-state index is 12.3. The van der Waals surface area contributed by atoms with Crippen molar-refractivity contribution in [2.75, 3.05) is 13.2 Å². The average Bonchev–Trinajstić information content (AvgIpc) is 2.65. The summed E-state index contributed by atoms with van der Waals surface area (Å²) in [4.78, 5) is 24.4. The van der Waals surface area contributed by atoms with Crippen molar-refractivity contribution >= 4 is 16.9 Å². The molecule has 0 saturated heterocycles. The quantitative estimate of drug-likeness (QED) is 0.610. The van der Waals surface area contributed by atoms with E-state index in [9.17, 15) is 9.59 Å². The van der Waals surface area contributed by atoms with Crippen molar-refractivity contribution in [1.29, 1.82) is 0 Å². The summed E-state index contributed by atoms with van der Waals surface area (Å²) in [5.41, 5.74) is 2.90. The maximum Gasteiger partial charge on any atom is 0.339 e. The molecule has 1 heterocycles. The summed E-state index contributed by atoms with van der Waals surface area (Å²) >= 11 is 0. The third-order valence-electron chi connectivity index (χ3n) is 4.90. The molecule has 0 bridgehead atoms. The summed E-state index contributed by atoms with van der Waals surface area (Å²) in [5, 5.41) is 12.5. The average molecular weight is 359 g/mol. The van der Waals surface area contributed by atoms with E-state index in [1.807, 2.05) is 19.1 Å². The Kier molecular flexibility index (Phi) is 5.61. The Morgan fingerprint density at radius 2 is 2.04 bits per heavy atom. The number of aliphatic hydroxyl groups excluding tert-OH is 1. The number of carbonyl (C=O) groups excluding carboxylic acids is 1. The van der Waals surface area contributed by atoms with E-state index in [2.05, 4.69) is 5.32 Å². The molecule has 3 rings (SSSR count). The van der Waals surface area contributed by atoms with Crippen LogP contribution in [-0.4, -0.2) is 30.3 Å². The van der Waals surface area contributed by atoms with E-state index in [1.54, 1.807) is 6.92 Å². The van der Waals surface area contributed by atoms with Gasteiger partial charge >= 0.3 is 5.63 Å². The molecule has 0 radical (unpaired) electrons. The largest absolute Gasteiger partial charge is 0.480 e. The summed E-state index contributed by atoms with van der Waals surface area (Å²) in [6, 6.07) is 3.76. The number of nitrogens with one attached hydrogen (secondary N) is 1. The highest BCUT2D eigenvalue weighted by molar-refractivity contribution is 5.86. The highest BCUT2D eigenvalue weighted by atomic mass is 16.5. The van der Waals surface area contributed by atoms with Gasteiger partial charge in [0, 0.05) is 29.7 Å². The van der Waals surface area contributed by atoms with Crippen LogP contribution in [0.25, 0.3) is 11.0 Å². The Morgan fingerprint density at radius 1 is 1.31 bits per heavy atom. The summed E-state index contributed by atoms with van der Waals surface area (Å²) in [7, 11) is 0. The fourth-order valence-electron chi connectivity index (χ4n) is 3.43. The first kappa shape index (κ1) is 18.5. The third-order valence-corrected chi connectivity index (χ3v) is 4.90. The molecule has 26 heavy (non-hydrogen) atoms. The van der Waals surface area contributed by atoms with Crippen molar-refractivity contribution in [3.8, 4) is 5.75 Å². The van der Waals surface area contributed by atoms with Crippen molar-refractivity contribution in [2.45, 2.75) is 52.1 Å². The van der Waals surface area contributed by atoms with Crippen LogP contribution in [-0.2, 0) is 17.6 Å². The molecule has 1 aliphatic carbocycles. The lowest BCUT2D eigenvalue weighted by atomic mass is 9.90.